The van der Waals surface area contributed by atoms with E-state index in [4.69, 9.17) is 14.2 Å². The summed E-state index contributed by atoms with van der Waals surface area (Å²) in [5, 5.41) is 2.04. The molecule has 0 amide bonds. The third-order valence-electron chi connectivity index (χ3n) is 5.98. The van der Waals surface area contributed by atoms with Crippen molar-refractivity contribution in [3.05, 3.63) is 76.2 Å². The van der Waals surface area contributed by atoms with Gasteiger partial charge in [-0.25, -0.2) is 4.39 Å². The van der Waals surface area contributed by atoms with E-state index in [1.807, 2.05) is 23.6 Å². The van der Waals surface area contributed by atoms with E-state index >= 15 is 0 Å². The summed E-state index contributed by atoms with van der Waals surface area (Å²) in [5.41, 5.74) is 1.25. The molecular formula is C25H27FN2O3S. The van der Waals surface area contributed by atoms with Crippen LogP contribution in [0.2, 0.25) is 0 Å². The second kappa shape index (κ2) is 9.90. The lowest BCUT2D eigenvalue weighted by Crippen LogP contribution is -2.46. The molecule has 1 aromatic heterocycles. The van der Waals surface area contributed by atoms with Crippen LogP contribution in [0.3, 0.4) is 0 Å². The average Bonchev–Trinajstić information content (AvgIpc) is 3.51. The Balaban J connectivity index is 1.13. The number of para-hydroxylation sites is 1. The summed E-state index contributed by atoms with van der Waals surface area (Å²) in [5.74, 6) is 1.68. The van der Waals surface area contributed by atoms with Crippen molar-refractivity contribution in [2.75, 3.05) is 39.5 Å². The largest absolute Gasteiger partial charge is 0.482 e. The fourth-order valence-corrected chi connectivity index (χ4v) is 4.98. The first kappa shape index (κ1) is 21.2. The van der Waals surface area contributed by atoms with Crippen molar-refractivity contribution in [3.8, 4) is 17.2 Å². The van der Waals surface area contributed by atoms with E-state index in [1.165, 1.54) is 11.6 Å². The quantitative estimate of drug-likeness (QED) is 0.481. The van der Waals surface area contributed by atoms with Gasteiger partial charge in [0.05, 0.1) is 0 Å². The number of ether oxygens (including phenoxy) is 3. The van der Waals surface area contributed by atoms with Crippen LogP contribution in [-0.4, -0.2) is 49.3 Å². The lowest BCUT2D eigenvalue weighted by molar-refractivity contribution is 0.106. The Morgan fingerprint density at radius 3 is 2.56 bits per heavy atom. The van der Waals surface area contributed by atoms with Crippen LogP contribution in [0, 0.1) is 5.82 Å². The summed E-state index contributed by atoms with van der Waals surface area (Å²) in [6.07, 6.45) is 0.690. The SMILES string of the molecule is Fc1ccccc1OC(CCN1CCN(Cc2ccc3c(c2)OCO3)CC1)c1cccs1. The van der Waals surface area contributed by atoms with E-state index < -0.39 is 0 Å². The molecule has 5 nitrogen and oxygen atoms in total. The van der Waals surface area contributed by atoms with Gasteiger partial charge in [-0.05, 0) is 41.3 Å². The van der Waals surface area contributed by atoms with Gasteiger partial charge in [-0.1, -0.05) is 24.3 Å². The number of halogens is 1. The summed E-state index contributed by atoms with van der Waals surface area (Å²) in [6, 6.07) is 16.9. The molecule has 7 heteroatoms. The van der Waals surface area contributed by atoms with Gasteiger partial charge in [0.1, 0.15) is 6.10 Å². The number of piperazine rings is 1. The van der Waals surface area contributed by atoms with E-state index in [2.05, 4.69) is 28.0 Å². The van der Waals surface area contributed by atoms with E-state index in [-0.39, 0.29) is 11.9 Å². The van der Waals surface area contributed by atoms with Gasteiger partial charge in [-0.3, -0.25) is 4.90 Å². The summed E-state index contributed by atoms with van der Waals surface area (Å²) >= 11 is 1.66. The van der Waals surface area contributed by atoms with Gasteiger partial charge in [-0.2, -0.15) is 0 Å². The van der Waals surface area contributed by atoms with Gasteiger partial charge in [0, 0.05) is 50.6 Å². The molecule has 1 fully saturated rings. The number of fused-ring (bicyclic) bond motifs is 1. The maximum absolute atomic E-state index is 14.1. The molecule has 32 heavy (non-hydrogen) atoms. The smallest absolute Gasteiger partial charge is 0.231 e. The molecule has 0 bridgehead atoms. The molecule has 1 saturated heterocycles. The second-order valence-corrected chi connectivity index (χ2v) is 9.13. The molecule has 3 aromatic rings. The summed E-state index contributed by atoms with van der Waals surface area (Å²) < 4.78 is 31.1. The van der Waals surface area contributed by atoms with Crippen molar-refractivity contribution < 1.29 is 18.6 Å². The minimum Gasteiger partial charge on any atom is -0.482 e. The predicted octanol–water partition coefficient (Wildman–Crippen LogP) is 4.94. The molecule has 168 valence electrons. The number of benzene rings is 2. The maximum Gasteiger partial charge on any atom is 0.231 e. The molecular weight excluding hydrogens is 427 g/mol. The Morgan fingerprint density at radius 2 is 1.75 bits per heavy atom. The van der Waals surface area contributed by atoms with E-state index in [0.29, 0.717) is 12.5 Å². The highest BCUT2D eigenvalue weighted by Gasteiger charge is 2.22. The first-order chi connectivity index (χ1) is 15.7. The number of thiophene rings is 1. The number of hydrogen-bond donors (Lipinski definition) is 0. The highest BCUT2D eigenvalue weighted by atomic mass is 32.1. The van der Waals surface area contributed by atoms with Crippen LogP contribution >= 0.6 is 11.3 Å². The van der Waals surface area contributed by atoms with Crippen molar-refractivity contribution in [1.82, 2.24) is 9.80 Å². The third-order valence-corrected chi connectivity index (χ3v) is 6.95. The molecule has 0 radical (unpaired) electrons. The highest BCUT2D eigenvalue weighted by Crippen LogP contribution is 2.33. The van der Waals surface area contributed by atoms with Gasteiger partial charge in [0.25, 0.3) is 0 Å². The molecule has 1 unspecified atom stereocenters. The zero-order chi connectivity index (χ0) is 21.8. The first-order valence-corrected chi connectivity index (χ1v) is 11.9. The first-order valence-electron chi connectivity index (χ1n) is 11.0. The zero-order valence-electron chi connectivity index (χ0n) is 17.9. The Morgan fingerprint density at radius 1 is 0.938 bits per heavy atom. The van der Waals surface area contributed by atoms with Crippen molar-refractivity contribution >= 4 is 11.3 Å². The Labute approximate surface area is 191 Å². The molecule has 2 aliphatic heterocycles. The molecule has 2 aromatic carbocycles. The van der Waals surface area contributed by atoms with Gasteiger partial charge in [-0.15, -0.1) is 11.3 Å². The monoisotopic (exact) mass is 454 g/mol. The van der Waals surface area contributed by atoms with Gasteiger partial charge < -0.3 is 19.1 Å². The molecule has 0 aliphatic carbocycles. The molecule has 0 N–H and O–H groups in total. The second-order valence-electron chi connectivity index (χ2n) is 8.15. The van der Waals surface area contributed by atoms with E-state index in [0.717, 1.165) is 62.1 Å². The standard InChI is InChI=1S/C25H27FN2O3S/c26-20-4-1-2-5-21(20)31-23(25-6-3-15-32-25)9-10-27-11-13-28(14-12-27)17-19-7-8-22-24(16-19)30-18-29-22/h1-8,15-16,23H,9-14,17-18H2. The predicted molar refractivity (Wildman–Crippen MR) is 123 cm³/mol. The molecule has 2 aliphatic rings. The topological polar surface area (TPSA) is 34.2 Å². The van der Waals surface area contributed by atoms with Crippen LogP contribution in [0.5, 0.6) is 17.2 Å². The normalized spacial score (nSPS) is 17.4. The van der Waals surface area contributed by atoms with Gasteiger partial charge in [0.2, 0.25) is 6.79 Å². The zero-order valence-corrected chi connectivity index (χ0v) is 18.7. The molecule has 3 heterocycles. The number of hydrogen-bond acceptors (Lipinski definition) is 6. The van der Waals surface area contributed by atoms with Crippen LogP contribution in [0.4, 0.5) is 4.39 Å². The van der Waals surface area contributed by atoms with Crippen molar-refractivity contribution in [2.45, 2.75) is 19.1 Å². The summed E-state index contributed by atoms with van der Waals surface area (Å²) in [6.45, 7) is 6.22. The minimum absolute atomic E-state index is 0.140. The minimum atomic E-state index is -0.314. The Kier molecular flexibility index (Phi) is 6.57. The summed E-state index contributed by atoms with van der Waals surface area (Å²) in [4.78, 5) is 6.08. The van der Waals surface area contributed by atoms with Crippen LogP contribution in [0.25, 0.3) is 0 Å². The van der Waals surface area contributed by atoms with E-state index in [9.17, 15) is 4.39 Å². The summed E-state index contributed by atoms with van der Waals surface area (Å²) in [7, 11) is 0. The lowest BCUT2D eigenvalue weighted by atomic mass is 10.1. The van der Waals surface area contributed by atoms with Crippen LogP contribution in [0.15, 0.2) is 60.0 Å². The van der Waals surface area contributed by atoms with E-state index in [1.54, 1.807) is 23.5 Å². The molecule has 0 saturated carbocycles. The van der Waals surface area contributed by atoms with Crippen LogP contribution in [0.1, 0.15) is 23.0 Å². The Hall–Kier alpha value is -2.61. The fourth-order valence-electron chi connectivity index (χ4n) is 4.20. The third kappa shape index (κ3) is 5.06. The van der Waals surface area contributed by atoms with Crippen molar-refractivity contribution in [3.63, 3.8) is 0 Å². The van der Waals surface area contributed by atoms with Crippen LogP contribution in [-0.2, 0) is 6.54 Å². The number of rotatable bonds is 8. The molecule has 1 atom stereocenters. The maximum atomic E-state index is 14.1. The van der Waals surface area contributed by atoms with Gasteiger partial charge >= 0.3 is 0 Å². The van der Waals surface area contributed by atoms with Crippen LogP contribution < -0.4 is 14.2 Å². The van der Waals surface area contributed by atoms with Crippen molar-refractivity contribution in [2.24, 2.45) is 0 Å². The highest BCUT2D eigenvalue weighted by molar-refractivity contribution is 7.10. The Bertz CT molecular complexity index is 1020. The average molecular weight is 455 g/mol. The fraction of sp³-hybridized carbons (Fsp3) is 0.360. The van der Waals surface area contributed by atoms with Gasteiger partial charge in [0.15, 0.2) is 23.1 Å². The molecule has 0 spiro atoms. The number of nitrogens with zero attached hydrogens (tertiary/aromatic N) is 2. The van der Waals surface area contributed by atoms with Crippen molar-refractivity contribution in [1.29, 1.82) is 0 Å². The lowest BCUT2D eigenvalue weighted by Gasteiger charge is -2.35. The molecule has 5 rings (SSSR count).